The third kappa shape index (κ3) is 4.30. The summed E-state index contributed by atoms with van der Waals surface area (Å²) in [5.41, 5.74) is 5.50. The number of esters is 1. The first-order valence-electron chi connectivity index (χ1n) is 7.65. The predicted molar refractivity (Wildman–Crippen MR) is 91.8 cm³/mol. The van der Waals surface area contributed by atoms with Crippen molar-refractivity contribution in [2.45, 2.75) is 34.0 Å². The Morgan fingerprint density at radius 3 is 2.35 bits per heavy atom. The molecule has 0 amide bonds. The maximum Gasteiger partial charge on any atom is 0.333 e. The van der Waals surface area contributed by atoms with Crippen molar-refractivity contribution in [3.05, 3.63) is 70.8 Å². The van der Waals surface area contributed by atoms with Crippen molar-refractivity contribution in [1.82, 2.24) is 0 Å². The maximum atomic E-state index is 11.8. The Morgan fingerprint density at radius 2 is 1.74 bits per heavy atom. The number of carbonyl (C=O) groups is 1. The molecule has 0 fully saturated rings. The summed E-state index contributed by atoms with van der Waals surface area (Å²) in [5, 5.41) is 9.49. The molecule has 0 aliphatic heterocycles. The second kappa shape index (κ2) is 7.75. The van der Waals surface area contributed by atoms with Crippen molar-refractivity contribution in [3.8, 4) is 11.1 Å². The van der Waals surface area contributed by atoms with Gasteiger partial charge in [-0.2, -0.15) is 0 Å². The number of aryl methyl sites for hydroxylation is 1. The van der Waals surface area contributed by atoms with Crippen LogP contribution in [0.2, 0.25) is 0 Å². The van der Waals surface area contributed by atoms with Gasteiger partial charge in [-0.15, -0.1) is 0 Å². The summed E-state index contributed by atoms with van der Waals surface area (Å²) < 4.78 is 5.31. The van der Waals surface area contributed by atoms with Gasteiger partial charge in [0, 0.05) is 5.57 Å². The maximum absolute atomic E-state index is 11.8. The van der Waals surface area contributed by atoms with Crippen molar-refractivity contribution in [1.29, 1.82) is 0 Å². The fourth-order valence-corrected chi connectivity index (χ4v) is 2.22. The number of carbonyl (C=O) groups excluding carboxylic acids is 1. The molecule has 120 valence electrons. The van der Waals surface area contributed by atoms with Gasteiger partial charge < -0.3 is 9.84 Å². The summed E-state index contributed by atoms with van der Waals surface area (Å²) in [5.74, 6) is -0.336. The molecule has 0 heterocycles. The van der Waals surface area contributed by atoms with Crippen LogP contribution in [0.5, 0.6) is 0 Å². The molecule has 0 spiro atoms. The third-order valence-corrected chi connectivity index (χ3v) is 3.88. The average Bonchev–Trinajstić information content (AvgIpc) is 2.59. The van der Waals surface area contributed by atoms with Crippen molar-refractivity contribution in [3.63, 3.8) is 0 Å². The van der Waals surface area contributed by atoms with E-state index in [0.29, 0.717) is 5.57 Å². The van der Waals surface area contributed by atoms with E-state index in [9.17, 15) is 9.90 Å². The van der Waals surface area contributed by atoms with Gasteiger partial charge in [0.2, 0.25) is 0 Å². The number of allylic oxidation sites excluding steroid dienone is 1. The lowest BCUT2D eigenvalue weighted by molar-refractivity contribution is -0.140. The minimum atomic E-state index is -0.336. The van der Waals surface area contributed by atoms with Crippen LogP contribution in [0.3, 0.4) is 0 Å². The van der Waals surface area contributed by atoms with Gasteiger partial charge in [0.05, 0.1) is 6.61 Å². The molecule has 23 heavy (non-hydrogen) atoms. The van der Waals surface area contributed by atoms with Crippen LogP contribution in [0.1, 0.15) is 30.5 Å². The Bertz CT molecular complexity index is 712. The van der Waals surface area contributed by atoms with Crippen LogP contribution >= 0.6 is 0 Å². The fraction of sp³-hybridized carbons (Fsp3) is 0.250. The van der Waals surface area contributed by atoms with Gasteiger partial charge in [0.25, 0.3) is 0 Å². The quantitative estimate of drug-likeness (QED) is 0.666. The van der Waals surface area contributed by atoms with Crippen molar-refractivity contribution in [2.24, 2.45) is 0 Å². The van der Waals surface area contributed by atoms with Gasteiger partial charge in [-0.25, -0.2) is 4.79 Å². The van der Waals surface area contributed by atoms with E-state index >= 15 is 0 Å². The molecule has 0 unspecified atom stereocenters. The van der Waals surface area contributed by atoms with E-state index in [0.717, 1.165) is 22.3 Å². The number of aliphatic hydroxyl groups excluding tert-OH is 1. The predicted octanol–water partition coefficient (Wildman–Crippen LogP) is 4.16. The molecule has 0 aliphatic carbocycles. The van der Waals surface area contributed by atoms with Crippen molar-refractivity contribution >= 4 is 5.97 Å². The van der Waals surface area contributed by atoms with Crippen LogP contribution in [0.4, 0.5) is 0 Å². The van der Waals surface area contributed by atoms with Gasteiger partial charge >= 0.3 is 5.97 Å². The summed E-state index contributed by atoms with van der Waals surface area (Å²) >= 11 is 0. The highest BCUT2D eigenvalue weighted by atomic mass is 16.5. The number of hydrogen-bond acceptors (Lipinski definition) is 3. The monoisotopic (exact) mass is 310 g/mol. The van der Waals surface area contributed by atoms with E-state index in [1.807, 2.05) is 25.1 Å². The number of hydrogen-bond donors (Lipinski definition) is 1. The van der Waals surface area contributed by atoms with Crippen LogP contribution in [-0.4, -0.2) is 11.1 Å². The van der Waals surface area contributed by atoms with Crippen LogP contribution in [-0.2, 0) is 22.7 Å². The van der Waals surface area contributed by atoms with Crippen LogP contribution < -0.4 is 0 Å². The van der Waals surface area contributed by atoms with Crippen molar-refractivity contribution < 1.29 is 14.6 Å². The lowest BCUT2D eigenvalue weighted by Gasteiger charge is -2.12. The molecular weight excluding hydrogens is 288 g/mol. The minimum absolute atomic E-state index is 0.0797. The SMILES string of the molecule is C/C=C(\C)C(=O)OCc1cc(-c2ccc(C)cc2)ccc1CO. The third-order valence-electron chi connectivity index (χ3n) is 3.88. The van der Waals surface area contributed by atoms with E-state index in [2.05, 4.69) is 24.3 Å². The number of aliphatic hydroxyl groups is 1. The first kappa shape index (κ1) is 17.0. The van der Waals surface area contributed by atoms with E-state index in [-0.39, 0.29) is 19.2 Å². The van der Waals surface area contributed by atoms with Crippen molar-refractivity contribution in [2.75, 3.05) is 0 Å². The summed E-state index contributed by atoms with van der Waals surface area (Å²) in [7, 11) is 0. The van der Waals surface area contributed by atoms with Gasteiger partial charge in [-0.3, -0.25) is 0 Å². The van der Waals surface area contributed by atoms with Gasteiger partial charge in [0.1, 0.15) is 6.61 Å². The highest BCUT2D eigenvalue weighted by Gasteiger charge is 2.09. The zero-order valence-electron chi connectivity index (χ0n) is 13.8. The Balaban J connectivity index is 2.25. The molecule has 3 nitrogen and oxygen atoms in total. The molecule has 0 aromatic heterocycles. The van der Waals surface area contributed by atoms with Crippen LogP contribution in [0.15, 0.2) is 54.1 Å². The molecule has 0 saturated carbocycles. The van der Waals surface area contributed by atoms with E-state index in [4.69, 9.17) is 4.74 Å². The fourth-order valence-electron chi connectivity index (χ4n) is 2.22. The molecule has 0 radical (unpaired) electrons. The highest BCUT2D eigenvalue weighted by molar-refractivity contribution is 5.87. The number of rotatable bonds is 5. The van der Waals surface area contributed by atoms with Gasteiger partial charge in [-0.05, 0) is 49.1 Å². The summed E-state index contributed by atoms with van der Waals surface area (Å²) in [6.45, 7) is 5.64. The van der Waals surface area contributed by atoms with E-state index in [1.54, 1.807) is 19.9 Å². The van der Waals surface area contributed by atoms with E-state index < -0.39 is 0 Å². The first-order chi connectivity index (χ1) is 11.0. The lowest BCUT2D eigenvalue weighted by Crippen LogP contribution is -2.07. The van der Waals surface area contributed by atoms with Crippen LogP contribution in [0, 0.1) is 6.92 Å². The molecule has 2 aromatic carbocycles. The molecule has 0 atom stereocenters. The van der Waals surface area contributed by atoms with Gasteiger partial charge in [0.15, 0.2) is 0 Å². The normalized spacial score (nSPS) is 11.4. The average molecular weight is 310 g/mol. The zero-order valence-corrected chi connectivity index (χ0v) is 13.8. The largest absolute Gasteiger partial charge is 0.457 e. The standard InChI is InChI=1S/C20H22O3/c1-4-15(3)20(22)23-13-19-11-17(9-10-18(19)12-21)16-7-5-14(2)6-8-16/h4-11,21H,12-13H2,1-3H3/b15-4+. The first-order valence-corrected chi connectivity index (χ1v) is 7.65. The Hall–Kier alpha value is -2.39. The molecular formula is C20H22O3. The van der Waals surface area contributed by atoms with Crippen LogP contribution in [0.25, 0.3) is 11.1 Å². The Morgan fingerprint density at radius 1 is 1.09 bits per heavy atom. The molecule has 2 rings (SSSR count). The molecule has 2 aromatic rings. The van der Waals surface area contributed by atoms with Gasteiger partial charge in [-0.1, -0.05) is 48.0 Å². The minimum Gasteiger partial charge on any atom is -0.457 e. The smallest absolute Gasteiger partial charge is 0.333 e. The topological polar surface area (TPSA) is 46.5 Å². The second-order valence-electron chi connectivity index (χ2n) is 5.56. The number of ether oxygens (including phenoxy) is 1. The highest BCUT2D eigenvalue weighted by Crippen LogP contribution is 2.24. The summed E-state index contributed by atoms with van der Waals surface area (Å²) in [4.78, 5) is 11.8. The van der Waals surface area contributed by atoms with E-state index in [1.165, 1.54) is 5.56 Å². The number of benzene rings is 2. The molecule has 0 aliphatic rings. The lowest BCUT2D eigenvalue weighted by atomic mass is 9.99. The molecule has 0 bridgehead atoms. The summed E-state index contributed by atoms with van der Waals surface area (Å²) in [6.07, 6.45) is 1.72. The molecule has 0 saturated heterocycles. The Labute approximate surface area is 137 Å². The Kier molecular flexibility index (Phi) is 5.72. The molecule has 1 N–H and O–H groups in total. The second-order valence-corrected chi connectivity index (χ2v) is 5.56. The summed E-state index contributed by atoms with van der Waals surface area (Å²) in [6, 6.07) is 14.1. The zero-order chi connectivity index (χ0) is 16.8. The molecule has 3 heteroatoms.